The van der Waals surface area contributed by atoms with E-state index in [-0.39, 0.29) is 11.9 Å². The second kappa shape index (κ2) is 8.73. The van der Waals surface area contributed by atoms with Gasteiger partial charge < -0.3 is 0 Å². The van der Waals surface area contributed by atoms with Crippen LogP contribution >= 0.6 is 27.5 Å². The van der Waals surface area contributed by atoms with Gasteiger partial charge in [-0.1, -0.05) is 70.0 Å². The zero-order chi connectivity index (χ0) is 23.1. The molecule has 0 bridgehead atoms. The van der Waals surface area contributed by atoms with Crippen molar-refractivity contribution in [2.75, 3.05) is 0 Å². The van der Waals surface area contributed by atoms with Crippen LogP contribution in [0.5, 0.6) is 0 Å². The molecule has 0 saturated carbocycles. The van der Waals surface area contributed by atoms with Crippen LogP contribution in [0, 0.1) is 6.92 Å². The highest BCUT2D eigenvalue weighted by Crippen LogP contribution is 2.40. The van der Waals surface area contributed by atoms with Gasteiger partial charge in [0, 0.05) is 45.0 Å². The van der Waals surface area contributed by atoms with Crippen molar-refractivity contribution in [2.45, 2.75) is 26.3 Å². The molecule has 4 nitrogen and oxygen atoms in total. The molecule has 5 rings (SSSR count). The SMILES string of the molecule is CC(=O)N1N=C(c2c(C)nc3ccc(Cl)cc3c2-c2ccccc2)CC1c1cccc(Br)c1. The summed E-state index contributed by atoms with van der Waals surface area (Å²) in [5.41, 5.74) is 6.70. The molecule has 2 heterocycles. The number of hydrogen-bond donors (Lipinski definition) is 0. The van der Waals surface area contributed by atoms with Gasteiger partial charge in [0.2, 0.25) is 5.91 Å². The molecule has 1 atom stereocenters. The summed E-state index contributed by atoms with van der Waals surface area (Å²) < 4.78 is 0.972. The Labute approximate surface area is 206 Å². The largest absolute Gasteiger partial charge is 0.273 e. The predicted molar refractivity (Wildman–Crippen MR) is 137 cm³/mol. The summed E-state index contributed by atoms with van der Waals surface area (Å²) in [6, 6.07) is 23.8. The predicted octanol–water partition coefficient (Wildman–Crippen LogP) is 7.32. The van der Waals surface area contributed by atoms with Gasteiger partial charge >= 0.3 is 0 Å². The molecule has 1 aliphatic rings. The van der Waals surface area contributed by atoms with Crippen LogP contribution in [0.1, 0.15) is 36.2 Å². The molecule has 0 fully saturated rings. The zero-order valence-electron chi connectivity index (χ0n) is 18.2. The first-order valence-electron chi connectivity index (χ1n) is 10.7. The number of amides is 1. The topological polar surface area (TPSA) is 45.6 Å². The molecule has 6 heteroatoms. The van der Waals surface area contributed by atoms with E-state index in [0.717, 1.165) is 49.0 Å². The number of carbonyl (C=O) groups excluding carboxylic acids is 1. The Kier molecular flexibility index (Phi) is 5.77. The molecule has 0 spiro atoms. The van der Waals surface area contributed by atoms with Gasteiger partial charge in [0.25, 0.3) is 0 Å². The van der Waals surface area contributed by atoms with Gasteiger partial charge in [-0.3, -0.25) is 9.78 Å². The molecule has 1 unspecified atom stereocenters. The molecule has 0 saturated heterocycles. The molecule has 33 heavy (non-hydrogen) atoms. The summed E-state index contributed by atoms with van der Waals surface area (Å²) in [5.74, 6) is -0.0920. The number of nitrogens with zero attached hydrogens (tertiary/aromatic N) is 3. The number of benzene rings is 3. The molecular formula is C27H21BrClN3O. The lowest BCUT2D eigenvalue weighted by Gasteiger charge is -2.20. The first-order chi connectivity index (χ1) is 15.9. The maximum atomic E-state index is 12.6. The van der Waals surface area contributed by atoms with Crippen LogP contribution in [-0.2, 0) is 4.79 Å². The number of carbonyl (C=O) groups is 1. The average Bonchev–Trinajstić information content (AvgIpc) is 3.24. The highest BCUT2D eigenvalue weighted by molar-refractivity contribution is 9.10. The lowest BCUT2D eigenvalue weighted by molar-refractivity contribution is -0.130. The fraction of sp³-hybridized carbons (Fsp3) is 0.148. The van der Waals surface area contributed by atoms with Crippen LogP contribution in [0.25, 0.3) is 22.0 Å². The Balaban J connectivity index is 1.74. The summed E-state index contributed by atoms with van der Waals surface area (Å²) >= 11 is 9.95. The van der Waals surface area contributed by atoms with Crippen molar-refractivity contribution in [3.63, 3.8) is 0 Å². The number of aromatic nitrogens is 1. The summed E-state index contributed by atoms with van der Waals surface area (Å²) in [6.07, 6.45) is 0.602. The van der Waals surface area contributed by atoms with E-state index in [9.17, 15) is 4.79 Å². The number of pyridine rings is 1. The molecule has 4 aromatic rings. The fourth-order valence-corrected chi connectivity index (χ4v) is 5.13. The molecule has 164 valence electrons. The number of hydrazone groups is 1. The van der Waals surface area contributed by atoms with Gasteiger partial charge in [0.15, 0.2) is 0 Å². The monoisotopic (exact) mass is 517 g/mol. The van der Waals surface area contributed by atoms with E-state index in [1.54, 1.807) is 11.9 Å². The molecular weight excluding hydrogens is 498 g/mol. The highest BCUT2D eigenvalue weighted by Gasteiger charge is 2.33. The average molecular weight is 519 g/mol. The number of rotatable bonds is 3. The standard InChI is InChI=1S/C27H21BrClN3O/c1-16-26(24-15-25(32(31-24)17(2)33)19-9-6-10-20(28)13-19)27(18-7-4-3-5-8-18)22-14-21(29)11-12-23(22)30-16/h3-14,25H,15H2,1-2H3. The molecule has 1 aromatic heterocycles. The normalized spacial score (nSPS) is 15.7. The van der Waals surface area contributed by atoms with Crippen molar-refractivity contribution < 1.29 is 4.79 Å². The van der Waals surface area contributed by atoms with Crippen molar-refractivity contribution in [2.24, 2.45) is 5.10 Å². The third-order valence-corrected chi connectivity index (χ3v) is 6.67. The van der Waals surface area contributed by atoms with E-state index < -0.39 is 0 Å². The van der Waals surface area contributed by atoms with Gasteiger partial charge in [-0.2, -0.15) is 5.10 Å². The van der Waals surface area contributed by atoms with E-state index in [0.29, 0.717) is 11.4 Å². The van der Waals surface area contributed by atoms with Crippen LogP contribution in [-0.4, -0.2) is 21.6 Å². The van der Waals surface area contributed by atoms with Gasteiger partial charge in [0.1, 0.15) is 0 Å². The first-order valence-corrected chi connectivity index (χ1v) is 11.9. The number of halogens is 2. The molecule has 0 radical (unpaired) electrons. The Morgan fingerprint density at radius 3 is 2.55 bits per heavy atom. The van der Waals surface area contributed by atoms with Crippen molar-refractivity contribution in [1.29, 1.82) is 0 Å². The van der Waals surface area contributed by atoms with E-state index in [2.05, 4.69) is 28.1 Å². The first kappa shape index (κ1) is 21.8. The fourth-order valence-electron chi connectivity index (χ4n) is 4.54. The second-order valence-electron chi connectivity index (χ2n) is 8.16. The summed E-state index contributed by atoms with van der Waals surface area (Å²) in [7, 11) is 0. The van der Waals surface area contributed by atoms with Crippen LogP contribution in [0.15, 0.2) is 82.4 Å². The van der Waals surface area contributed by atoms with Crippen LogP contribution in [0.4, 0.5) is 0 Å². The summed E-state index contributed by atoms with van der Waals surface area (Å²) in [6.45, 7) is 3.56. The minimum absolute atomic E-state index is 0.0920. The maximum Gasteiger partial charge on any atom is 0.240 e. The van der Waals surface area contributed by atoms with Gasteiger partial charge in [0.05, 0.1) is 17.3 Å². The lowest BCUT2D eigenvalue weighted by Crippen LogP contribution is -2.24. The van der Waals surface area contributed by atoms with Crippen LogP contribution in [0.2, 0.25) is 5.02 Å². The number of aryl methyl sites for hydroxylation is 1. The maximum absolute atomic E-state index is 12.6. The van der Waals surface area contributed by atoms with Crippen molar-refractivity contribution in [3.8, 4) is 11.1 Å². The third kappa shape index (κ3) is 4.07. The molecule has 0 aliphatic carbocycles. The van der Waals surface area contributed by atoms with E-state index in [1.807, 2.05) is 67.6 Å². The molecule has 1 amide bonds. The third-order valence-electron chi connectivity index (χ3n) is 5.95. The smallest absolute Gasteiger partial charge is 0.240 e. The minimum atomic E-state index is -0.173. The van der Waals surface area contributed by atoms with Gasteiger partial charge in [-0.25, -0.2) is 5.01 Å². The Morgan fingerprint density at radius 1 is 1.03 bits per heavy atom. The molecule has 0 N–H and O–H groups in total. The lowest BCUT2D eigenvalue weighted by atomic mass is 9.89. The zero-order valence-corrected chi connectivity index (χ0v) is 20.6. The summed E-state index contributed by atoms with van der Waals surface area (Å²) in [4.78, 5) is 17.4. The number of hydrogen-bond acceptors (Lipinski definition) is 3. The summed E-state index contributed by atoms with van der Waals surface area (Å²) in [5, 5.41) is 8.05. The van der Waals surface area contributed by atoms with Crippen LogP contribution in [0.3, 0.4) is 0 Å². The molecule has 1 aliphatic heterocycles. The van der Waals surface area contributed by atoms with E-state index >= 15 is 0 Å². The van der Waals surface area contributed by atoms with Crippen molar-refractivity contribution in [3.05, 3.63) is 99.1 Å². The highest BCUT2D eigenvalue weighted by atomic mass is 79.9. The Morgan fingerprint density at radius 2 is 1.82 bits per heavy atom. The second-order valence-corrected chi connectivity index (χ2v) is 9.51. The van der Waals surface area contributed by atoms with Gasteiger partial charge in [-0.05, 0) is 48.4 Å². The van der Waals surface area contributed by atoms with Crippen molar-refractivity contribution in [1.82, 2.24) is 9.99 Å². The van der Waals surface area contributed by atoms with Gasteiger partial charge in [-0.15, -0.1) is 0 Å². The quantitative estimate of drug-likeness (QED) is 0.285. The van der Waals surface area contributed by atoms with E-state index in [1.165, 1.54) is 0 Å². The van der Waals surface area contributed by atoms with Crippen LogP contribution < -0.4 is 0 Å². The molecule has 3 aromatic carbocycles. The number of fused-ring (bicyclic) bond motifs is 1. The Bertz CT molecular complexity index is 1420. The van der Waals surface area contributed by atoms with E-state index in [4.69, 9.17) is 21.7 Å². The Hall–Kier alpha value is -3.02. The van der Waals surface area contributed by atoms with Crippen molar-refractivity contribution >= 4 is 50.1 Å². The minimum Gasteiger partial charge on any atom is -0.273 e.